The lowest BCUT2D eigenvalue weighted by atomic mass is 10.1. The second kappa shape index (κ2) is 4.97. The first-order valence-electron chi connectivity index (χ1n) is 4.89. The number of nitrogens with two attached hydrogens (primary N) is 1. The van der Waals surface area contributed by atoms with Crippen LogP contribution in [0.5, 0.6) is 0 Å². The molecule has 2 N–H and O–H groups in total. The van der Waals surface area contributed by atoms with Gasteiger partial charge >= 0.3 is 0 Å². The molecule has 1 aromatic rings. The number of rotatable bonds is 4. The van der Waals surface area contributed by atoms with Crippen LogP contribution in [0.1, 0.15) is 31.0 Å². The van der Waals surface area contributed by atoms with Crippen molar-refractivity contribution in [2.45, 2.75) is 39.2 Å². The quantitative estimate of drug-likeness (QED) is 0.766. The lowest BCUT2D eigenvalue weighted by Crippen LogP contribution is -2.22. The van der Waals surface area contributed by atoms with Gasteiger partial charge in [0.15, 0.2) is 0 Å². The summed E-state index contributed by atoms with van der Waals surface area (Å²) < 4.78 is 0. The van der Waals surface area contributed by atoms with Crippen molar-refractivity contribution in [1.82, 2.24) is 4.98 Å². The van der Waals surface area contributed by atoms with Crippen LogP contribution in [0.2, 0.25) is 0 Å². The Morgan fingerprint density at radius 1 is 1.54 bits per heavy atom. The van der Waals surface area contributed by atoms with Gasteiger partial charge in [0.25, 0.3) is 0 Å². The smallest absolute Gasteiger partial charge is 0.0421 e. The molecule has 1 heterocycles. The Labute approximate surface area is 80.2 Å². The summed E-state index contributed by atoms with van der Waals surface area (Å²) in [6.45, 7) is 4.24. The van der Waals surface area contributed by atoms with Crippen molar-refractivity contribution in [2.24, 2.45) is 5.73 Å². The highest BCUT2D eigenvalue weighted by molar-refractivity contribution is 5.15. The summed E-state index contributed by atoms with van der Waals surface area (Å²) in [6.07, 6.45) is 4.97. The van der Waals surface area contributed by atoms with Gasteiger partial charge in [-0.25, -0.2) is 0 Å². The van der Waals surface area contributed by atoms with E-state index in [0.717, 1.165) is 25.0 Å². The summed E-state index contributed by atoms with van der Waals surface area (Å²) in [6, 6.07) is 4.38. The zero-order valence-electron chi connectivity index (χ0n) is 8.46. The predicted octanol–water partition coefficient (Wildman–Crippen LogP) is 2.06. The molecule has 0 aliphatic rings. The van der Waals surface area contributed by atoms with E-state index in [0.29, 0.717) is 0 Å². The second-order valence-corrected chi connectivity index (χ2v) is 3.58. The van der Waals surface area contributed by atoms with Gasteiger partial charge in [-0.3, -0.25) is 4.98 Å². The third-order valence-electron chi connectivity index (χ3n) is 2.10. The monoisotopic (exact) mass is 178 g/mol. The molecule has 72 valence electrons. The van der Waals surface area contributed by atoms with E-state index in [1.165, 1.54) is 5.56 Å². The molecule has 0 amide bonds. The van der Waals surface area contributed by atoms with E-state index in [1.807, 2.05) is 12.3 Å². The number of aromatic nitrogens is 1. The molecule has 2 nitrogen and oxygen atoms in total. The molecular formula is C11H18N2. The predicted molar refractivity (Wildman–Crippen MR) is 55.6 cm³/mol. The minimum absolute atomic E-state index is 0.263. The van der Waals surface area contributed by atoms with E-state index >= 15 is 0 Å². The van der Waals surface area contributed by atoms with Gasteiger partial charge < -0.3 is 5.73 Å². The fraction of sp³-hybridized carbons (Fsp3) is 0.545. The molecule has 0 bridgehead atoms. The van der Waals surface area contributed by atoms with Crippen LogP contribution in [0.4, 0.5) is 0 Å². The minimum Gasteiger partial charge on any atom is -0.327 e. The van der Waals surface area contributed by atoms with Crippen LogP contribution in [-0.2, 0) is 6.42 Å². The maximum absolute atomic E-state index is 5.93. The van der Waals surface area contributed by atoms with Crippen molar-refractivity contribution in [1.29, 1.82) is 0 Å². The average Bonchev–Trinajstić information content (AvgIpc) is 2.04. The largest absolute Gasteiger partial charge is 0.327 e. The number of hydrogen-bond acceptors (Lipinski definition) is 2. The number of aryl methyl sites for hydroxylation is 1. The van der Waals surface area contributed by atoms with Gasteiger partial charge in [-0.15, -0.1) is 0 Å². The maximum Gasteiger partial charge on any atom is 0.0421 e. The van der Waals surface area contributed by atoms with Crippen molar-refractivity contribution >= 4 is 0 Å². The van der Waals surface area contributed by atoms with Crippen molar-refractivity contribution in [3.8, 4) is 0 Å². The van der Waals surface area contributed by atoms with Crippen molar-refractivity contribution < 1.29 is 0 Å². The zero-order chi connectivity index (χ0) is 9.68. The molecule has 0 aliphatic heterocycles. The first-order chi connectivity index (χ1) is 6.22. The van der Waals surface area contributed by atoms with Crippen LogP contribution in [-0.4, -0.2) is 11.0 Å². The lowest BCUT2D eigenvalue weighted by molar-refractivity contribution is 0.593. The highest BCUT2D eigenvalue weighted by atomic mass is 14.7. The number of hydrogen-bond donors (Lipinski definition) is 1. The second-order valence-electron chi connectivity index (χ2n) is 3.58. The van der Waals surface area contributed by atoms with Crippen molar-refractivity contribution in [3.05, 3.63) is 29.6 Å². The molecule has 1 aromatic heterocycles. The maximum atomic E-state index is 5.93. The molecule has 1 unspecified atom stereocenters. The van der Waals surface area contributed by atoms with Crippen LogP contribution in [0.15, 0.2) is 18.3 Å². The first kappa shape index (κ1) is 10.2. The molecule has 1 rings (SSSR count). The van der Waals surface area contributed by atoms with E-state index in [4.69, 9.17) is 5.73 Å². The fourth-order valence-electron chi connectivity index (χ4n) is 1.45. The standard InChI is InChI=1S/C11H18N2/c1-3-4-10(12)8-11-7-9(2)5-6-13-11/h5-7,10H,3-4,8,12H2,1-2H3. The summed E-state index contributed by atoms with van der Waals surface area (Å²) >= 11 is 0. The third kappa shape index (κ3) is 3.55. The van der Waals surface area contributed by atoms with Gasteiger partial charge in [-0.1, -0.05) is 13.3 Å². The Bertz CT molecular complexity index is 258. The average molecular weight is 178 g/mol. The Kier molecular flexibility index (Phi) is 3.90. The van der Waals surface area contributed by atoms with Gasteiger partial charge in [-0.2, -0.15) is 0 Å². The molecule has 1 atom stereocenters. The molecule has 0 aromatic carbocycles. The summed E-state index contributed by atoms with van der Waals surface area (Å²) in [5.41, 5.74) is 8.30. The topological polar surface area (TPSA) is 38.9 Å². The Hall–Kier alpha value is -0.890. The molecule has 0 radical (unpaired) electrons. The van der Waals surface area contributed by atoms with E-state index in [2.05, 4.69) is 24.9 Å². The summed E-state index contributed by atoms with van der Waals surface area (Å²) in [4.78, 5) is 4.28. The van der Waals surface area contributed by atoms with E-state index < -0.39 is 0 Å². The third-order valence-corrected chi connectivity index (χ3v) is 2.10. The molecule has 0 aliphatic carbocycles. The van der Waals surface area contributed by atoms with E-state index in [1.54, 1.807) is 0 Å². The van der Waals surface area contributed by atoms with Gasteiger partial charge in [0.1, 0.15) is 0 Å². The molecular weight excluding hydrogens is 160 g/mol. The Morgan fingerprint density at radius 2 is 2.31 bits per heavy atom. The number of nitrogens with zero attached hydrogens (tertiary/aromatic N) is 1. The zero-order valence-corrected chi connectivity index (χ0v) is 8.46. The molecule has 0 saturated heterocycles. The van der Waals surface area contributed by atoms with E-state index in [-0.39, 0.29) is 6.04 Å². The lowest BCUT2D eigenvalue weighted by Gasteiger charge is -2.09. The number of pyridine rings is 1. The Balaban J connectivity index is 2.53. The summed E-state index contributed by atoms with van der Waals surface area (Å²) in [5.74, 6) is 0. The molecule has 0 fully saturated rings. The van der Waals surface area contributed by atoms with Crippen molar-refractivity contribution in [2.75, 3.05) is 0 Å². The summed E-state index contributed by atoms with van der Waals surface area (Å²) in [5, 5.41) is 0. The van der Waals surface area contributed by atoms with Crippen LogP contribution < -0.4 is 5.73 Å². The van der Waals surface area contributed by atoms with Gasteiger partial charge in [0, 0.05) is 24.4 Å². The molecule has 0 saturated carbocycles. The normalized spacial score (nSPS) is 12.8. The van der Waals surface area contributed by atoms with Gasteiger partial charge in [-0.05, 0) is 31.0 Å². The highest BCUT2D eigenvalue weighted by Gasteiger charge is 2.03. The molecule has 2 heteroatoms. The fourth-order valence-corrected chi connectivity index (χ4v) is 1.45. The van der Waals surface area contributed by atoms with Gasteiger partial charge in [0.2, 0.25) is 0 Å². The van der Waals surface area contributed by atoms with Crippen LogP contribution >= 0.6 is 0 Å². The first-order valence-corrected chi connectivity index (χ1v) is 4.89. The molecule has 0 spiro atoms. The van der Waals surface area contributed by atoms with Gasteiger partial charge in [0.05, 0.1) is 0 Å². The Morgan fingerprint density at radius 3 is 2.92 bits per heavy atom. The van der Waals surface area contributed by atoms with Crippen LogP contribution in [0.3, 0.4) is 0 Å². The minimum atomic E-state index is 0.263. The van der Waals surface area contributed by atoms with Crippen LogP contribution in [0, 0.1) is 6.92 Å². The van der Waals surface area contributed by atoms with Crippen molar-refractivity contribution in [3.63, 3.8) is 0 Å². The van der Waals surface area contributed by atoms with Crippen LogP contribution in [0.25, 0.3) is 0 Å². The summed E-state index contributed by atoms with van der Waals surface area (Å²) in [7, 11) is 0. The molecule has 13 heavy (non-hydrogen) atoms. The van der Waals surface area contributed by atoms with E-state index in [9.17, 15) is 0 Å². The highest BCUT2D eigenvalue weighted by Crippen LogP contribution is 2.05. The SMILES string of the molecule is CCCC(N)Cc1cc(C)ccn1.